The van der Waals surface area contributed by atoms with E-state index in [0.29, 0.717) is 6.42 Å². The first-order valence-electron chi connectivity index (χ1n) is 7.39. The van der Waals surface area contributed by atoms with Gasteiger partial charge in [0.25, 0.3) is 0 Å². The van der Waals surface area contributed by atoms with E-state index >= 15 is 0 Å². The Kier molecular flexibility index (Phi) is 11.9. The number of aliphatic hydroxyl groups excluding tert-OH is 1. The summed E-state index contributed by atoms with van der Waals surface area (Å²) in [5.74, 6) is -0.418. The number of unbranched alkanes of at least 4 members (excludes halogenated alkanes) is 6. The average molecular weight is 326 g/mol. The molecule has 0 rings (SSSR count). The first-order chi connectivity index (χ1) is 9.85. The highest BCUT2D eigenvalue weighted by Crippen LogP contribution is 2.35. The highest BCUT2D eigenvalue weighted by molar-refractivity contribution is 7.46. The minimum atomic E-state index is -4.60. The van der Waals surface area contributed by atoms with Crippen LogP contribution >= 0.6 is 7.82 Å². The monoisotopic (exact) mass is 326 g/mol. The Morgan fingerprint density at radius 1 is 1.05 bits per heavy atom. The van der Waals surface area contributed by atoms with Crippen LogP contribution in [-0.2, 0) is 18.6 Å². The van der Waals surface area contributed by atoms with E-state index in [1.807, 2.05) is 0 Å². The minimum Gasteiger partial charge on any atom is -0.463 e. The molecule has 0 radical (unpaired) electrons. The minimum absolute atomic E-state index is 0.292. The Morgan fingerprint density at radius 2 is 1.62 bits per heavy atom. The first-order valence-corrected chi connectivity index (χ1v) is 8.92. The van der Waals surface area contributed by atoms with Crippen molar-refractivity contribution in [1.82, 2.24) is 0 Å². The van der Waals surface area contributed by atoms with E-state index in [1.54, 1.807) is 0 Å². The maximum absolute atomic E-state index is 11.4. The lowest BCUT2D eigenvalue weighted by Crippen LogP contribution is -2.23. The summed E-state index contributed by atoms with van der Waals surface area (Å²) in [5.41, 5.74) is 0. The zero-order valence-electron chi connectivity index (χ0n) is 12.6. The zero-order valence-corrected chi connectivity index (χ0v) is 13.5. The molecule has 0 spiro atoms. The van der Waals surface area contributed by atoms with Crippen molar-refractivity contribution in [3.05, 3.63) is 0 Å². The third-order valence-corrected chi connectivity index (χ3v) is 3.34. The second-order valence-corrected chi connectivity index (χ2v) is 6.23. The molecular weight excluding hydrogens is 299 g/mol. The lowest BCUT2D eigenvalue weighted by molar-refractivity contribution is -0.147. The van der Waals surface area contributed by atoms with Crippen molar-refractivity contribution < 1.29 is 33.5 Å². The number of esters is 1. The third-order valence-electron chi connectivity index (χ3n) is 2.86. The van der Waals surface area contributed by atoms with Crippen molar-refractivity contribution in [2.45, 2.75) is 64.4 Å². The summed E-state index contributed by atoms with van der Waals surface area (Å²) in [6, 6.07) is 0. The number of rotatable bonds is 13. The molecule has 0 aliphatic rings. The van der Waals surface area contributed by atoms with E-state index < -0.39 is 26.5 Å². The lowest BCUT2D eigenvalue weighted by atomic mass is 10.1. The number of phosphoric ester groups is 1. The van der Waals surface area contributed by atoms with Gasteiger partial charge in [-0.05, 0) is 6.42 Å². The van der Waals surface area contributed by atoms with Gasteiger partial charge in [0.2, 0.25) is 0 Å². The zero-order chi connectivity index (χ0) is 16.1. The van der Waals surface area contributed by atoms with Gasteiger partial charge in [-0.15, -0.1) is 0 Å². The molecule has 1 atom stereocenters. The largest absolute Gasteiger partial charge is 0.469 e. The van der Waals surface area contributed by atoms with Crippen LogP contribution in [-0.4, -0.2) is 40.2 Å². The predicted molar refractivity (Wildman–Crippen MR) is 77.6 cm³/mol. The number of ether oxygens (including phenoxy) is 1. The van der Waals surface area contributed by atoms with Crippen LogP contribution in [0.15, 0.2) is 0 Å². The molecule has 0 bridgehead atoms. The van der Waals surface area contributed by atoms with Crippen LogP contribution in [0.1, 0.15) is 58.3 Å². The molecule has 0 aromatic heterocycles. The number of phosphoric acid groups is 1. The average Bonchev–Trinajstić information content (AvgIpc) is 2.41. The normalized spacial score (nSPS) is 13.1. The lowest BCUT2D eigenvalue weighted by Gasteiger charge is -2.12. The molecule has 0 amide bonds. The SMILES string of the molecule is CCCCCCCCCC(=O)OC[C@@H](O)COP(=O)(O)O. The number of carbonyl (C=O) groups is 1. The fourth-order valence-electron chi connectivity index (χ4n) is 1.72. The molecule has 0 saturated heterocycles. The van der Waals surface area contributed by atoms with Crippen molar-refractivity contribution in [2.24, 2.45) is 0 Å². The second kappa shape index (κ2) is 12.1. The molecule has 0 aromatic rings. The molecule has 0 unspecified atom stereocenters. The Balaban J connectivity index is 3.47. The molecule has 0 aliphatic carbocycles. The molecule has 0 fully saturated rings. The topological polar surface area (TPSA) is 113 Å². The fourth-order valence-corrected chi connectivity index (χ4v) is 2.09. The van der Waals surface area contributed by atoms with Gasteiger partial charge < -0.3 is 19.6 Å². The highest BCUT2D eigenvalue weighted by atomic mass is 31.2. The second-order valence-electron chi connectivity index (χ2n) is 4.99. The molecule has 0 saturated carbocycles. The van der Waals surface area contributed by atoms with Crippen LogP contribution in [0.25, 0.3) is 0 Å². The highest BCUT2D eigenvalue weighted by Gasteiger charge is 2.17. The van der Waals surface area contributed by atoms with E-state index in [-0.39, 0.29) is 6.61 Å². The summed E-state index contributed by atoms with van der Waals surface area (Å²) in [5, 5.41) is 9.31. The van der Waals surface area contributed by atoms with E-state index in [9.17, 15) is 14.5 Å². The van der Waals surface area contributed by atoms with Crippen LogP contribution in [0.2, 0.25) is 0 Å². The molecule has 0 heterocycles. The maximum atomic E-state index is 11.4. The van der Waals surface area contributed by atoms with E-state index in [2.05, 4.69) is 11.4 Å². The van der Waals surface area contributed by atoms with Crippen molar-refractivity contribution in [3.63, 3.8) is 0 Å². The van der Waals surface area contributed by atoms with E-state index in [4.69, 9.17) is 14.5 Å². The van der Waals surface area contributed by atoms with E-state index in [1.165, 1.54) is 25.7 Å². The van der Waals surface area contributed by atoms with Gasteiger partial charge in [-0.1, -0.05) is 45.4 Å². The molecule has 0 aromatic carbocycles. The Morgan fingerprint density at radius 3 is 2.19 bits per heavy atom. The van der Waals surface area contributed by atoms with Crippen molar-refractivity contribution in [3.8, 4) is 0 Å². The van der Waals surface area contributed by atoms with Crippen LogP contribution in [0, 0.1) is 0 Å². The van der Waals surface area contributed by atoms with Gasteiger partial charge in [-0.2, -0.15) is 0 Å². The molecule has 8 heteroatoms. The predicted octanol–water partition coefficient (Wildman–Crippen LogP) is 2.14. The summed E-state index contributed by atoms with van der Waals surface area (Å²) < 4.78 is 19.3. The van der Waals surface area contributed by atoms with Gasteiger partial charge in [0.1, 0.15) is 12.7 Å². The number of hydrogen-bond donors (Lipinski definition) is 3. The molecule has 3 N–H and O–H groups in total. The Bertz CT molecular complexity index is 316. The summed E-state index contributed by atoms with van der Waals surface area (Å²) in [6.07, 6.45) is 6.75. The van der Waals surface area contributed by atoms with Crippen LogP contribution in [0.5, 0.6) is 0 Å². The van der Waals surface area contributed by atoms with Crippen LogP contribution < -0.4 is 0 Å². The number of carbonyl (C=O) groups excluding carboxylic acids is 1. The van der Waals surface area contributed by atoms with Crippen molar-refractivity contribution in [1.29, 1.82) is 0 Å². The third kappa shape index (κ3) is 15.7. The maximum Gasteiger partial charge on any atom is 0.469 e. The molecule has 126 valence electrons. The van der Waals surface area contributed by atoms with Gasteiger partial charge in [0.15, 0.2) is 0 Å². The molecule has 21 heavy (non-hydrogen) atoms. The summed E-state index contributed by atoms with van der Waals surface area (Å²) in [7, 11) is -4.60. The number of hydrogen-bond acceptors (Lipinski definition) is 5. The van der Waals surface area contributed by atoms with Gasteiger partial charge >= 0.3 is 13.8 Å². The van der Waals surface area contributed by atoms with Crippen molar-refractivity contribution in [2.75, 3.05) is 13.2 Å². The summed E-state index contributed by atoms with van der Waals surface area (Å²) in [4.78, 5) is 28.2. The molecule has 7 nitrogen and oxygen atoms in total. The van der Waals surface area contributed by atoms with Gasteiger partial charge in [0, 0.05) is 6.42 Å². The Labute approximate surface area is 125 Å². The fraction of sp³-hybridized carbons (Fsp3) is 0.923. The summed E-state index contributed by atoms with van der Waals surface area (Å²) >= 11 is 0. The van der Waals surface area contributed by atoms with Gasteiger partial charge in [-0.25, -0.2) is 4.57 Å². The van der Waals surface area contributed by atoms with Gasteiger partial charge in [-0.3, -0.25) is 9.32 Å². The smallest absolute Gasteiger partial charge is 0.463 e. The molecule has 0 aliphatic heterocycles. The number of aliphatic hydroxyl groups is 1. The van der Waals surface area contributed by atoms with Crippen molar-refractivity contribution >= 4 is 13.8 Å². The van der Waals surface area contributed by atoms with Gasteiger partial charge in [0.05, 0.1) is 6.61 Å². The Hall–Kier alpha value is -0.460. The molecular formula is C13H27O7P. The first kappa shape index (κ1) is 20.5. The summed E-state index contributed by atoms with van der Waals surface area (Å²) in [6.45, 7) is 1.26. The standard InChI is InChI=1S/C13H27O7P/c1-2-3-4-5-6-7-8-9-13(15)19-10-12(14)11-20-21(16,17)18/h12,14H,2-11H2,1H3,(H2,16,17,18)/t12-/m1/s1. The van der Waals surface area contributed by atoms with Crippen LogP contribution in [0.3, 0.4) is 0 Å². The van der Waals surface area contributed by atoms with Crippen LogP contribution in [0.4, 0.5) is 0 Å². The quantitative estimate of drug-likeness (QED) is 0.270. The van der Waals surface area contributed by atoms with E-state index in [0.717, 1.165) is 19.3 Å².